The van der Waals surface area contributed by atoms with Crippen LogP contribution in [0.15, 0.2) is 36.4 Å². The Morgan fingerprint density at radius 2 is 1.74 bits per heavy atom. The summed E-state index contributed by atoms with van der Waals surface area (Å²) in [6.07, 6.45) is 0. The van der Waals surface area contributed by atoms with Gasteiger partial charge in [-0.25, -0.2) is 0 Å². The minimum Gasteiger partial charge on any atom is -0.484 e. The van der Waals surface area contributed by atoms with Gasteiger partial charge in [-0.05, 0) is 50.5 Å². The average Bonchev–Trinajstić information content (AvgIpc) is 2.96. The first kappa shape index (κ1) is 21.0. The molecule has 1 heterocycles. The van der Waals surface area contributed by atoms with Gasteiger partial charge in [0.25, 0.3) is 5.91 Å². The van der Waals surface area contributed by atoms with Crippen molar-refractivity contribution in [2.75, 3.05) is 6.61 Å². The Kier molecular flexibility index (Phi) is 7.42. The number of para-hydroxylation sites is 1. The molecule has 0 spiro atoms. The first-order chi connectivity index (χ1) is 12.8. The van der Waals surface area contributed by atoms with Crippen LogP contribution >= 0.6 is 11.3 Å². The van der Waals surface area contributed by atoms with Crippen molar-refractivity contribution in [1.29, 1.82) is 0 Å². The Morgan fingerprint density at radius 3 is 2.30 bits per heavy atom. The number of carbonyl (C=O) groups excluding carboxylic acids is 2. The molecule has 0 saturated carbocycles. The Hall–Kier alpha value is -2.34. The van der Waals surface area contributed by atoms with Crippen LogP contribution in [0, 0.1) is 19.8 Å². The van der Waals surface area contributed by atoms with E-state index in [0.29, 0.717) is 5.75 Å². The van der Waals surface area contributed by atoms with E-state index in [0.717, 1.165) is 5.56 Å². The number of ether oxygens (including phenoxy) is 1. The highest BCUT2D eigenvalue weighted by molar-refractivity contribution is 7.12. The highest BCUT2D eigenvalue weighted by atomic mass is 32.1. The van der Waals surface area contributed by atoms with Gasteiger partial charge >= 0.3 is 0 Å². The highest BCUT2D eigenvalue weighted by Gasteiger charge is 2.26. The Bertz CT molecular complexity index is 771. The van der Waals surface area contributed by atoms with E-state index in [1.54, 1.807) is 23.5 Å². The first-order valence-electron chi connectivity index (χ1n) is 9.12. The lowest BCUT2D eigenvalue weighted by Crippen LogP contribution is -2.51. The van der Waals surface area contributed by atoms with E-state index < -0.39 is 6.04 Å². The number of carbonyl (C=O) groups is 2. The van der Waals surface area contributed by atoms with E-state index in [1.165, 1.54) is 9.75 Å². The summed E-state index contributed by atoms with van der Waals surface area (Å²) >= 11 is 1.72. The highest BCUT2D eigenvalue weighted by Crippen LogP contribution is 2.26. The van der Waals surface area contributed by atoms with Crippen LogP contribution < -0.4 is 15.4 Å². The molecule has 2 aromatic rings. The standard InChI is InChI=1S/C21H28N2O3S/c1-13(2)20(23-19(24)12-26-17-9-7-6-8-10-17)21(25)22-15(4)18-11-14(3)27-16(18)5/h6-11,13,15,20H,12H2,1-5H3,(H,22,25)(H,23,24)/t15-,20-/m1/s1. The molecule has 27 heavy (non-hydrogen) atoms. The molecule has 2 atom stereocenters. The molecule has 0 aliphatic carbocycles. The maximum Gasteiger partial charge on any atom is 0.258 e. The average molecular weight is 389 g/mol. The second kappa shape index (κ2) is 9.55. The molecule has 6 heteroatoms. The lowest BCUT2D eigenvalue weighted by atomic mass is 10.0. The number of aryl methyl sites for hydroxylation is 2. The normalized spacial score (nSPS) is 13.1. The molecular formula is C21H28N2O3S. The molecule has 0 unspecified atom stereocenters. The molecule has 1 aromatic carbocycles. The van der Waals surface area contributed by atoms with Gasteiger partial charge in [0, 0.05) is 9.75 Å². The zero-order chi connectivity index (χ0) is 20.0. The molecule has 1 aromatic heterocycles. The summed E-state index contributed by atoms with van der Waals surface area (Å²) in [7, 11) is 0. The molecule has 146 valence electrons. The van der Waals surface area contributed by atoms with E-state index in [4.69, 9.17) is 4.74 Å². The number of hydrogen-bond acceptors (Lipinski definition) is 4. The van der Waals surface area contributed by atoms with Gasteiger partial charge < -0.3 is 15.4 Å². The molecule has 0 bridgehead atoms. The van der Waals surface area contributed by atoms with Crippen molar-refractivity contribution in [3.05, 3.63) is 51.7 Å². The predicted octanol–water partition coefficient (Wildman–Crippen LogP) is 3.76. The molecule has 0 saturated heterocycles. The third-order valence-corrected chi connectivity index (χ3v) is 5.27. The SMILES string of the molecule is Cc1cc([C@@H](C)NC(=O)[C@H](NC(=O)COc2ccccc2)C(C)C)c(C)s1. The van der Waals surface area contributed by atoms with E-state index in [-0.39, 0.29) is 30.4 Å². The summed E-state index contributed by atoms with van der Waals surface area (Å²) in [6, 6.07) is 10.5. The second-order valence-corrected chi connectivity index (χ2v) is 8.45. The predicted molar refractivity (Wildman–Crippen MR) is 109 cm³/mol. The van der Waals surface area contributed by atoms with Gasteiger partial charge in [0.05, 0.1) is 6.04 Å². The van der Waals surface area contributed by atoms with E-state index >= 15 is 0 Å². The van der Waals surface area contributed by atoms with Crippen LogP contribution in [0.25, 0.3) is 0 Å². The van der Waals surface area contributed by atoms with Crippen LogP contribution in [0.3, 0.4) is 0 Å². The summed E-state index contributed by atoms with van der Waals surface area (Å²) < 4.78 is 5.45. The number of benzene rings is 1. The van der Waals surface area contributed by atoms with Crippen molar-refractivity contribution in [2.45, 2.75) is 46.7 Å². The summed E-state index contributed by atoms with van der Waals surface area (Å²) in [5.74, 6) is 0.0787. The minimum atomic E-state index is -0.612. The van der Waals surface area contributed by atoms with Crippen LogP contribution in [0.5, 0.6) is 5.75 Å². The lowest BCUT2D eigenvalue weighted by Gasteiger charge is -2.24. The molecule has 0 radical (unpaired) electrons. The van der Waals surface area contributed by atoms with E-state index in [9.17, 15) is 9.59 Å². The van der Waals surface area contributed by atoms with Crippen molar-refractivity contribution in [3.8, 4) is 5.75 Å². The molecule has 0 aliphatic heterocycles. The lowest BCUT2D eigenvalue weighted by molar-refractivity contribution is -0.131. The molecular weight excluding hydrogens is 360 g/mol. The van der Waals surface area contributed by atoms with Gasteiger partial charge in [-0.1, -0.05) is 32.0 Å². The fourth-order valence-electron chi connectivity index (χ4n) is 2.88. The summed E-state index contributed by atoms with van der Waals surface area (Å²) in [6.45, 7) is 9.77. The Morgan fingerprint density at radius 1 is 1.07 bits per heavy atom. The molecule has 2 amide bonds. The summed E-state index contributed by atoms with van der Waals surface area (Å²) in [4.78, 5) is 27.4. The maximum atomic E-state index is 12.7. The number of rotatable bonds is 8. The molecule has 2 N–H and O–H groups in total. The van der Waals surface area contributed by atoms with Gasteiger partial charge in [-0.2, -0.15) is 0 Å². The number of amides is 2. The Labute approximate surface area is 165 Å². The van der Waals surface area contributed by atoms with Crippen LogP contribution in [-0.2, 0) is 9.59 Å². The third-order valence-electron chi connectivity index (χ3n) is 4.28. The molecule has 5 nitrogen and oxygen atoms in total. The van der Waals surface area contributed by atoms with Crippen molar-refractivity contribution < 1.29 is 14.3 Å². The first-order valence-corrected chi connectivity index (χ1v) is 9.94. The van der Waals surface area contributed by atoms with Crippen LogP contribution in [0.4, 0.5) is 0 Å². The van der Waals surface area contributed by atoms with Crippen LogP contribution in [-0.4, -0.2) is 24.5 Å². The number of thiophene rings is 1. The molecule has 0 aliphatic rings. The smallest absolute Gasteiger partial charge is 0.258 e. The second-order valence-electron chi connectivity index (χ2n) is 6.99. The fourth-order valence-corrected chi connectivity index (χ4v) is 3.90. The van der Waals surface area contributed by atoms with Crippen LogP contribution in [0.2, 0.25) is 0 Å². The maximum absolute atomic E-state index is 12.7. The Balaban J connectivity index is 1.94. The van der Waals surface area contributed by atoms with Crippen molar-refractivity contribution >= 4 is 23.2 Å². The van der Waals surface area contributed by atoms with Gasteiger partial charge in [-0.15, -0.1) is 11.3 Å². The largest absolute Gasteiger partial charge is 0.484 e. The van der Waals surface area contributed by atoms with E-state index in [1.807, 2.05) is 39.0 Å². The van der Waals surface area contributed by atoms with Gasteiger partial charge in [-0.3, -0.25) is 9.59 Å². The van der Waals surface area contributed by atoms with Crippen LogP contribution in [0.1, 0.15) is 42.1 Å². The van der Waals surface area contributed by atoms with Gasteiger partial charge in [0.2, 0.25) is 5.91 Å². The summed E-state index contributed by atoms with van der Waals surface area (Å²) in [5, 5.41) is 5.81. The zero-order valence-corrected chi connectivity index (χ0v) is 17.4. The number of nitrogens with one attached hydrogen (secondary N) is 2. The number of hydrogen-bond donors (Lipinski definition) is 2. The topological polar surface area (TPSA) is 67.4 Å². The monoisotopic (exact) mass is 388 g/mol. The van der Waals surface area contributed by atoms with Crippen molar-refractivity contribution in [2.24, 2.45) is 5.92 Å². The summed E-state index contributed by atoms with van der Waals surface area (Å²) in [5.41, 5.74) is 1.12. The zero-order valence-electron chi connectivity index (χ0n) is 16.5. The van der Waals surface area contributed by atoms with Crippen molar-refractivity contribution in [3.63, 3.8) is 0 Å². The fraction of sp³-hybridized carbons (Fsp3) is 0.429. The van der Waals surface area contributed by atoms with Crippen molar-refractivity contribution in [1.82, 2.24) is 10.6 Å². The third kappa shape index (κ3) is 6.10. The minimum absolute atomic E-state index is 0.0387. The molecule has 2 rings (SSSR count). The van der Waals surface area contributed by atoms with Gasteiger partial charge in [0.15, 0.2) is 6.61 Å². The van der Waals surface area contributed by atoms with E-state index in [2.05, 4.69) is 30.5 Å². The quantitative estimate of drug-likeness (QED) is 0.723. The van der Waals surface area contributed by atoms with Gasteiger partial charge in [0.1, 0.15) is 11.8 Å². The molecule has 0 fully saturated rings.